The third-order valence-electron chi connectivity index (χ3n) is 3.69. The molecule has 2 saturated heterocycles. The van der Waals surface area contributed by atoms with Crippen molar-refractivity contribution in [2.75, 3.05) is 18.8 Å². The van der Waals surface area contributed by atoms with Crippen LogP contribution >= 0.6 is 11.8 Å². The van der Waals surface area contributed by atoms with Crippen molar-refractivity contribution in [1.82, 2.24) is 10.2 Å². The van der Waals surface area contributed by atoms with Gasteiger partial charge in [0, 0.05) is 18.6 Å². The van der Waals surface area contributed by atoms with E-state index in [0.717, 1.165) is 13.1 Å². The van der Waals surface area contributed by atoms with Crippen LogP contribution in [0.1, 0.15) is 39.5 Å². The van der Waals surface area contributed by atoms with Crippen LogP contribution in [0.5, 0.6) is 0 Å². The molecule has 2 heterocycles. The lowest BCUT2D eigenvalue weighted by atomic mass is 9.91. The minimum absolute atomic E-state index is 0. The summed E-state index contributed by atoms with van der Waals surface area (Å²) in [5.74, 6) is 1.01. The number of rotatable bonds is 4. The summed E-state index contributed by atoms with van der Waals surface area (Å²) in [6, 6.07) is 0. The summed E-state index contributed by atoms with van der Waals surface area (Å²) in [5, 5.41) is 4.00. The maximum absolute atomic E-state index is 11.7. The normalized spacial score (nSPS) is 32.2. The fourth-order valence-electron chi connectivity index (χ4n) is 2.73. The number of unbranched alkanes of at least 4 members (excludes halogenated alkanes) is 2. The first-order valence-electron chi connectivity index (χ1n) is 6.33. The summed E-state index contributed by atoms with van der Waals surface area (Å²) in [5.41, 5.74) is 0.129. The molecule has 5 heteroatoms. The van der Waals surface area contributed by atoms with E-state index in [1.807, 2.05) is 11.8 Å². The molecule has 1 amide bonds. The zero-order valence-electron chi connectivity index (χ0n) is 10.7. The Bertz CT molecular complexity index is 277. The van der Waals surface area contributed by atoms with Gasteiger partial charge in [0.15, 0.2) is 0 Å². The van der Waals surface area contributed by atoms with Crippen molar-refractivity contribution in [3.63, 3.8) is 0 Å². The van der Waals surface area contributed by atoms with E-state index in [-0.39, 0.29) is 17.9 Å². The Hall–Kier alpha value is 0.0700. The average Bonchev–Trinajstić information content (AvgIpc) is 2.63. The Morgan fingerprint density at radius 1 is 1.53 bits per heavy atom. The number of carbonyl (C=O) groups excluding carboxylic acids is 1. The standard InChI is InChI=1S/C12H22N2OS.ClH/c1-3-4-5-6-12(2)11-14(8-7-13-12)10(15)9-16-11;/h11,13H,3-9H2,1-2H3;1H/p-1. The highest BCUT2D eigenvalue weighted by molar-refractivity contribution is 8.01. The lowest BCUT2D eigenvalue weighted by molar-refractivity contribution is -0.130. The van der Waals surface area contributed by atoms with Gasteiger partial charge in [0.25, 0.3) is 0 Å². The first kappa shape index (κ1) is 15.1. The van der Waals surface area contributed by atoms with Crippen LogP contribution in [0.4, 0.5) is 0 Å². The van der Waals surface area contributed by atoms with Gasteiger partial charge in [0.05, 0.1) is 11.1 Å². The largest absolute Gasteiger partial charge is 1.00 e. The number of hydrogen-bond donors (Lipinski definition) is 1. The average molecular weight is 278 g/mol. The molecule has 2 aliphatic rings. The Labute approximate surface area is 114 Å². The molecule has 2 atom stereocenters. The monoisotopic (exact) mass is 277 g/mol. The van der Waals surface area contributed by atoms with Gasteiger partial charge in [-0.1, -0.05) is 26.2 Å². The van der Waals surface area contributed by atoms with Crippen molar-refractivity contribution in [2.45, 2.75) is 50.4 Å². The molecule has 0 aromatic rings. The molecule has 2 fully saturated rings. The van der Waals surface area contributed by atoms with Gasteiger partial charge in [-0.25, -0.2) is 0 Å². The molecule has 2 aliphatic heterocycles. The first-order valence-corrected chi connectivity index (χ1v) is 7.38. The number of hydrogen-bond acceptors (Lipinski definition) is 3. The molecule has 0 aliphatic carbocycles. The van der Waals surface area contributed by atoms with Gasteiger partial charge in [0.2, 0.25) is 5.91 Å². The maximum atomic E-state index is 11.7. The number of fused-ring (bicyclic) bond motifs is 1. The van der Waals surface area contributed by atoms with E-state index >= 15 is 0 Å². The number of halogens is 1. The van der Waals surface area contributed by atoms with E-state index in [2.05, 4.69) is 24.1 Å². The van der Waals surface area contributed by atoms with Gasteiger partial charge < -0.3 is 22.6 Å². The Morgan fingerprint density at radius 3 is 3.00 bits per heavy atom. The van der Waals surface area contributed by atoms with Crippen molar-refractivity contribution in [1.29, 1.82) is 0 Å². The van der Waals surface area contributed by atoms with Crippen molar-refractivity contribution in [3.05, 3.63) is 0 Å². The first-order chi connectivity index (χ1) is 7.67. The van der Waals surface area contributed by atoms with Crippen LogP contribution in [0, 0.1) is 0 Å². The van der Waals surface area contributed by atoms with Crippen LogP contribution in [-0.2, 0) is 4.79 Å². The summed E-state index contributed by atoms with van der Waals surface area (Å²) in [4.78, 5) is 13.8. The molecule has 0 saturated carbocycles. The Kier molecular flexibility index (Phi) is 5.61. The van der Waals surface area contributed by atoms with Gasteiger partial charge in [-0.05, 0) is 13.3 Å². The highest BCUT2D eigenvalue weighted by Gasteiger charge is 2.46. The highest BCUT2D eigenvalue weighted by atomic mass is 35.5. The highest BCUT2D eigenvalue weighted by Crippen LogP contribution is 2.37. The molecular weight excluding hydrogens is 256 g/mol. The molecule has 0 aromatic carbocycles. The topological polar surface area (TPSA) is 32.3 Å². The minimum Gasteiger partial charge on any atom is -1.00 e. The van der Waals surface area contributed by atoms with Crippen molar-refractivity contribution in [3.8, 4) is 0 Å². The van der Waals surface area contributed by atoms with E-state index in [9.17, 15) is 4.79 Å². The summed E-state index contributed by atoms with van der Waals surface area (Å²) in [6.45, 7) is 6.35. The number of carbonyl (C=O) groups is 1. The van der Waals surface area contributed by atoms with Crippen LogP contribution in [-0.4, -0.2) is 40.6 Å². The van der Waals surface area contributed by atoms with E-state index in [0.29, 0.717) is 17.0 Å². The molecule has 0 radical (unpaired) electrons. The molecule has 2 unspecified atom stereocenters. The molecular formula is C12H22ClN2OS-. The summed E-state index contributed by atoms with van der Waals surface area (Å²) < 4.78 is 0. The van der Waals surface area contributed by atoms with Crippen molar-refractivity contribution in [2.24, 2.45) is 0 Å². The quantitative estimate of drug-likeness (QED) is 0.658. The zero-order valence-corrected chi connectivity index (χ0v) is 12.2. The molecule has 0 bridgehead atoms. The fourth-order valence-corrected chi connectivity index (χ4v) is 4.17. The second kappa shape index (κ2) is 6.30. The molecule has 0 spiro atoms. The van der Waals surface area contributed by atoms with Crippen LogP contribution in [0.25, 0.3) is 0 Å². The fraction of sp³-hybridized carbons (Fsp3) is 0.917. The summed E-state index contributed by atoms with van der Waals surface area (Å²) >= 11 is 1.81. The third-order valence-corrected chi connectivity index (χ3v) is 5.20. The van der Waals surface area contributed by atoms with Gasteiger partial charge in [-0.3, -0.25) is 4.79 Å². The van der Waals surface area contributed by atoms with E-state index in [4.69, 9.17) is 0 Å². The molecule has 100 valence electrons. The third kappa shape index (κ3) is 3.09. The van der Waals surface area contributed by atoms with E-state index in [1.54, 1.807) is 0 Å². The predicted molar refractivity (Wildman–Crippen MR) is 68.5 cm³/mol. The molecule has 1 N–H and O–H groups in total. The van der Waals surface area contributed by atoms with E-state index in [1.165, 1.54) is 25.7 Å². The second-order valence-electron chi connectivity index (χ2n) is 5.05. The van der Waals surface area contributed by atoms with Gasteiger partial charge in [-0.2, -0.15) is 0 Å². The van der Waals surface area contributed by atoms with Crippen LogP contribution in [0.3, 0.4) is 0 Å². The lowest BCUT2D eigenvalue weighted by Gasteiger charge is -2.45. The summed E-state index contributed by atoms with van der Waals surface area (Å²) in [6.07, 6.45) is 5.00. The molecule has 17 heavy (non-hydrogen) atoms. The Morgan fingerprint density at radius 2 is 2.29 bits per heavy atom. The Balaban J connectivity index is 0.00000144. The number of piperazine rings is 1. The lowest BCUT2D eigenvalue weighted by Crippen LogP contribution is -3.00. The van der Waals surface area contributed by atoms with Crippen molar-refractivity contribution >= 4 is 17.7 Å². The number of amides is 1. The van der Waals surface area contributed by atoms with E-state index < -0.39 is 0 Å². The molecule has 2 rings (SSSR count). The van der Waals surface area contributed by atoms with Crippen LogP contribution in [0.15, 0.2) is 0 Å². The maximum Gasteiger partial charge on any atom is 0.233 e. The van der Waals surface area contributed by atoms with Gasteiger partial charge >= 0.3 is 0 Å². The predicted octanol–water partition coefficient (Wildman–Crippen LogP) is -1.17. The minimum atomic E-state index is 0. The van der Waals surface area contributed by atoms with Crippen LogP contribution < -0.4 is 17.7 Å². The summed E-state index contributed by atoms with van der Waals surface area (Å²) in [7, 11) is 0. The number of thioether (sulfide) groups is 1. The SMILES string of the molecule is CCCCCC1(C)NCCN2C(=O)CSC21.[Cl-]. The van der Waals surface area contributed by atoms with Gasteiger partial charge in [0.1, 0.15) is 0 Å². The number of nitrogens with one attached hydrogen (secondary N) is 1. The molecule has 3 nitrogen and oxygen atoms in total. The second-order valence-corrected chi connectivity index (χ2v) is 6.12. The zero-order chi connectivity index (χ0) is 11.6. The van der Waals surface area contributed by atoms with Crippen molar-refractivity contribution < 1.29 is 17.2 Å². The van der Waals surface area contributed by atoms with Gasteiger partial charge in [-0.15, -0.1) is 11.8 Å². The smallest absolute Gasteiger partial charge is 0.233 e. The number of nitrogens with zero attached hydrogens (tertiary/aromatic N) is 1. The van der Waals surface area contributed by atoms with Crippen LogP contribution in [0.2, 0.25) is 0 Å². The molecule has 0 aromatic heterocycles.